The quantitative estimate of drug-likeness (QED) is 0.791. The second kappa shape index (κ2) is 6.66. The molecule has 0 saturated heterocycles. The van der Waals surface area contributed by atoms with Crippen LogP contribution >= 0.6 is 11.8 Å². The van der Waals surface area contributed by atoms with Crippen LogP contribution in [-0.2, 0) is 16.6 Å². The van der Waals surface area contributed by atoms with Gasteiger partial charge in [0.15, 0.2) is 5.04 Å². The van der Waals surface area contributed by atoms with E-state index in [-0.39, 0.29) is 18.2 Å². The highest BCUT2D eigenvalue weighted by Crippen LogP contribution is 2.19. The maximum absolute atomic E-state index is 12.3. The molecule has 8 heteroatoms. The molecule has 0 saturated carbocycles. The molecule has 2 rings (SSSR count). The number of rotatable bonds is 6. The Balaban J connectivity index is 2.16. The van der Waals surface area contributed by atoms with Gasteiger partial charge in [-0.05, 0) is 30.6 Å². The first-order valence-electron chi connectivity index (χ1n) is 6.19. The van der Waals surface area contributed by atoms with Gasteiger partial charge in [-0.3, -0.25) is 9.98 Å². The second-order valence-electron chi connectivity index (χ2n) is 4.40. The van der Waals surface area contributed by atoms with Crippen LogP contribution < -0.4 is 4.72 Å². The van der Waals surface area contributed by atoms with E-state index in [4.69, 9.17) is 0 Å². The van der Waals surface area contributed by atoms with Gasteiger partial charge in [0.25, 0.3) is 10.0 Å². The molecule has 0 spiro atoms. The molecule has 1 atom stereocenters. The zero-order valence-corrected chi connectivity index (χ0v) is 12.7. The second-order valence-corrected chi connectivity index (χ2v) is 7.02. The molecule has 0 unspecified atom stereocenters. The minimum atomic E-state index is -3.72. The van der Waals surface area contributed by atoms with Crippen molar-refractivity contribution in [2.24, 2.45) is 4.99 Å². The normalized spacial score (nSPS) is 15.8. The van der Waals surface area contributed by atoms with Crippen molar-refractivity contribution in [3.05, 3.63) is 29.6 Å². The lowest BCUT2D eigenvalue weighted by Crippen LogP contribution is -2.41. The number of aromatic nitrogens is 1. The summed E-state index contributed by atoms with van der Waals surface area (Å²) in [6.07, 6.45) is 4.13. The van der Waals surface area contributed by atoms with E-state index in [0.717, 1.165) is 5.75 Å². The number of aliphatic imine (C=N–C) groups is 1. The van der Waals surface area contributed by atoms with Crippen LogP contribution in [0.5, 0.6) is 0 Å². The zero-order chi connectivity index (χ0) is 14.6. The number of aliphatic hydroxyl groups excluding tert-OH is 1. The van der Waals surface area contributed by atoms with Crippen LogP contribution in [0.1, 0.15) is 17.7 Å². The van der Waals surface area contributed by atoms with Gasteiger partial charge in [-0.25, -0.2) is 13.1 Å². The Morgan fingerprint density at radius 2 is 2.35 bits per heavy atom. The molecule has 1 aliphatic heterocycles. The monoisotopic (exact) mass is 315 g/mol. The van der Waals surface area contributed by atoms with E-state index in [2.05, 4.69) is 14.7 Å². The van der Waals surface area contributed by atoms with Crippen molar-refractivity contribution < 1.29 is 13.5 Å². The van der Waals surface area contributed by atoms with Gasteiger partial charge in [-0.2, -0.15) is 11.8 Å². The van der Waals surface area contributed by atoms with Crippen LogP contribution in [0, 0.1) is 0 Å². The highest BCUT2D eigenvalue weighted by atomic mass is 32.2. The van der Waals surface area contributed by atoms with Crippen LogP contribution in [0.15, 0.2) is 23.3 Å². The molecule has 0 radical (unpaired) electrons. The summed E-state index contributed by atoms with van der Waals surface area (Å²) in [4.78, 5) is 8.17. The summed E-state index contributed by atoms with van der Waals surface area (Å²) >= 11 is 1.61. The Bertz CT molecular complexity index is 602. The number of sulfonamides is 1. The van der Waals surface area contributed by atoms with Crippen molar-refractivity contribution in [2.75, 3.05) is 18.6 Å². The van der Waals surface area contributed by atoms with Gasteiger partial charge in [0.2, 0.25) is 0 Å². The first-order valence-corrected chi connectivity index (χ1v) is 9.07. The molecule has 6 nitrogen and oxygen atoms in total. The molecule has 0 fully saturated rings. The highest BCUT2D eigenvalue weighted by molar-refractivity contribution is 8.05. The molecule has 0 aliphatic carbocycles. The summed E-state index contributed by atoms with van der Waals surface area (Å²) in [6.45, 7) is 0.0496. The van der Waals surface area contributed by atoms with Gasteiger partial charge in [-0.1, -0.05) is 0 Å². The summed E-state index contributed by atoms with van der Waals surface area (Å²) in [5.74, 6) is 0.776. The third-order valence-electron chi connectivity index (χ3n) is 2.96. The smallest absolute Gasteiger partial charge is 0.258 e. The van der Waals surface area contributed by atoms with E-state index >= 15 is 0 Å². The van der Waals surface area contributed by atoms with Gasteiger partial charge >= 0.3 is 0 Å². The molecule has 1 aromatic heterocycles. The SMILES string of the molecule is CSCC[C@H](CO)NS(=O)(=O)C1=NCc2ncccc21. The van der Waals surface area contributed by atoms with Crippen molar-refractivity contribution in [3.63, 3.8) is 0 Å². The zero-order valence-electron chi connectivity index (χ0n) is 11.1. The summed E-state index contributed by atoms with van der Waals surface area (Å²) < 4.78 is 27.2. The van der Waals surface area contributed by atoms with Gasteiger partial charge in [0, 0.05) is 17.8 Å². The first-order chi connectivity index (χ1) is 9.58. The van der Waals surface area contributed by atoms with Gasteiger partial charge in [0.05, 0.1) is 18.8 Å². The van der Waals surface area contributed by atoms with Crippen molar-refractivity contribution in [2.45, 2.75) is 19.0 Å². The van der Waals surface area contributed by atoms with Crippen molar-refractivity contribution in [3.8, 4) is 0 Å². The molecule has 1 aromatic rings. The largest absolute Gasteiger partial charge is 0.395 e. The van der Waals surface area contributed by atoms with Crippen LogP contribution in [0.25, 0.3) is 0 Å². The minimum Gasteiger partial charge on any atom is -0.395 e. The fourth-order valence-electron chi connectivity index (χ4n) is 1.94. The van der Waals surface area contributed by atoms with Crippen LogP contribution in [0.3, 0.4) is 0 Å². The summed E-state index contributed by atoms with van der Waals surface area (Å²) in [6, 6.07) is 2.89. The number of nitrogens with one attached hydrogen (secondary N) is 1. The number of nitrogens with zero attached hydrogens (tertiary/aromatic N) is 2. The third-order valence-corrected chi connectivity index (χ3v) is 5.11. The average Bonchev–Trinajstić information content (AvgIpc) is 2.88. The highest BCUT2D eigenvalue weighted by Gasteiger charge is 2.29. The topological polar surface area (TPSA) is 91.7 Å². The Morgan fingerprint density at radius 3 is 3.05 bits per heavy atom. The molecule has 110 valence electrons. The Hall–Kier alpha value is -0.960. The number of fused-ring (bicyclic) bond motifs is 1. The van der Waals surface area contributed by atoms with Crippen molar-refractivity contribution >= 4 is 26.8 Å². The van der Waals surface area contributed by atoms with Gasteiger partial charge < -0.3 is 5.11 Å². The van der Waals surface area contributed by atoms with E-state index in [1.807, 2.05) is 6.26 Å². The predicted octanol–water partition coefficient (Wildman–Crippen LogP) is 0.375. The average molecular weight is 315 g/mol. The fourth-order valence-corrected chi connectivity index (χ4v) is 3.92. The van der Waals surface area contributed by atoms with E-state index < -0.39 is 16.1 Å². The molecule has 1 aliphatic rings. The van der Waals surface area contributed by atoms with Crippen molar-refractivity contribution in [1.82, 2.24) is 9.71 Å². The molecule has 2 N–H and O–H groups in total. The molecular weight excluding hydrogens is 298 g/mol. The number of hydrogen-bond acceptors (Lipinski definition) is 6. The van der Waals surface area contributed by atoms with Crippen LogP contribution in [0.4, 0.5) is 0 Å². The molecule has 20 heavy (non-hydrogen) atoms. The lowest BCUT2D eigenvalue weighted by atomic mass is 10.2. The summed E-state index contributed by atoms with van der Waals surface area (Å²) in [7, 11) is -3.72. The number of aliphatic hydroxyl groups is 1. The lowest BCUT2D eigenvalue weighted by molar-refractivity contribution is 0.255. The first kappa shape index (κ1) is 15.4. The molecule has 2 heterocycles. The Morgan fingerprint density at radius 1 is 1.55 bits per heavy atom. The van der Waals surface area contributed by atoms with Crippen molar-refractivity contribution in [1.29, 1.82) is 0 Å². The summed E-state index contributed by atoms with van der Waals surface area (Å²) in [5.41, 5.74) is 1.21. The standard InChI is InChI=1S/C12H17N3O3S2/c1-19-6-4-9(8-16)15-20(17,18)12-10-3-2-5-13-11(10)7-14-12/h2-3,5,9,15-16H,4,6-8H2,1H3/t9-/m1/s1. The third kappa shape index (κ3) is 3.38. The molecule has 0 bridgehead atoms. The molecule has 0 aromatic carbocycles. The lowest BCUT2D eigenvalue weighted by Gasteiger charge is -2.16. The summed E-state index contributed by atoms with van der Waals surface area (Å²) in [5, 5.41) is 9.28. The Labute approximate surface area is 122 Å². The van der Waals surface area contributed by atoms with E-state index in [1.54, 1.807) is 30.1 Å². The number of pyridine rings is 1. The Kier molecular flexibility index (Phi) is 5.14. The molecule has 0 amide bonds. The van der Waals surface area contributed by atoms with Crippen LogP contribution in [0.2, 0.25) is 0 Å². The van der Waals surface area contributed by atoms with E-state index in [9.17, 15) is 13.5 Å². The maximum Gasteiger partial charge on any atom is 0.258 e. The van der Waals surface area contributed by atoms with E-state index in [0.29, 0.717) is 17.7 Å². The number of hydrogen-bond donors (Lipinski definition) is 2. The van der Waals surface area contributed by atoms with E-state index in [1.165, 1.54) is 0 Å². The number of thioether (sulfide) groups is 1. The predicted molar refractivity (Wildman–Crippen MR) is 80.4 cm³/mol. The molecular formula is C12H17N3O3S2. The van der Waals surface area contributed by atoms with Gasteiger partial charge in [-0.15, -0.1) is 0 Å². The fraction of sp³-hybridized carbons (Fsp3) is 0.500. The minimum absolute atomic E-state index is 0.0169. The maximum atomic E-state index is 12.3. The van der Waals surface area contributed by atoms with Crippen LogP contribution in [-0.4, -0.2) is 48.2 Å². The van der Waals surface area contributed by atoms with Gasteiger partial charge in [0.1, 0.15) is 0 Å².